The van der Waals surface area contributed by atoms with Gasteiger partial charge >= 0.3 is 0 Å². The zero-order valence-electron chi connectivity index (χ0n) is 9.03. The zero-order valence-corrected chi connectivity index (χ0v) is 10.9. The van der Waals surface area contributed by atoms with Crippen LogP contribution >= 0.6 is 11.5 Å². The molecule has 0 unspecified atom stereocenters. The van der Waals surface area contributed by atoms with Gasteiger partial charge in [-0.05, 0) is 23.7 Å². The van der Waals surface area contributed by atoms with Crippen molar-refractivity contribution < 1.29 is 0 Å². The highest BCUT2D eigenvalue weighted by atomic mass is 32.1. The summed E-state index contributed by atoms with van der Waals surface area (Å²) in [5.74, 6) is 3.23. The third kappa shape index (κ3) is 2.43. The van der Waals surface area contributed by atoms with Crippen molar-refractivity contribution in [3.05, 3.63) is 23.8 Å². The van der Waals surface area contributed by atoms with Crippen LogP contribution in [0.25, 0.3) is 10.2 Å². The van der Waals surface area contributed by atoms with Crippen LogP contribution in [0, 0.1) is 11.5 Å². The maximum absolute atomic E-state index is 4.10. The molecule has 0 saturated heterocycles. The van der Waals surface area contributed by atoms with E-state index in [4.69, 9.17) is 0 Å². The molecule has 0 spiro atoms. The van der Waals surface area contributed by atoms with E-state index in [1.54, 1.807) is 0 Å². The molecular formula is C11H12N2SSi. The fourth-order valence-corrected chi connectivity index (χ4v) is 2.26. The molecule has 2 rings (SSSR count). The maximum atomic E-state index is 4.10. The standard InChI is InChI=1S/C11H12N2SSi/c1-15(2,3)8-7-9-5-4-6-10-11(9)12-13-14-10/h4-6H,1-3H3. The number of fused-ring (bicyclic) bond motifs is 1. The highest BCUT2D eigenvalue weighted by Crippen LogP contribution is 2.18. The van der Waals surface area contributed by atoms with Gasteiger partial charge in [-0.25, -0.2) is 0 Å². The van der Waals surface area contributed by atoms with Crippen LogP contribution in [0.1, 0.15) is 5.56 Å². The topological polar surface area (TPSA) is 25.8 Å². The lowest BCUT2D eigenvalue weighted by molar-refractivity contribution is 1.20. The van der Waals surface area contributed by atoms with Crippen LogP contribution < -0.4 is 0 Å². The molecule has 1 heterocycles. The highest BCUT2D eigenvalue weighted by molar-refractivity contribution is 7.12. The summed E-state index contributed by atoms with van der Waals surface area (Å²) in [6, 6.07) is 6.05. The second-order valence-corrected chi connectivity index (χ2v) is 9.96. The van der Waals surface area contributed by atoms with E-state index in [-0.39, 0.29) is 0 Å². The SMILES string of the molecule is C[Si](C)(C)C#Cc1cccc2snnc12. The number of benzene rings is 1. The van der Waals surface area contributed by atoms with E-state index in [0.717, 1.165) is 15.8 Å². The van der Waals surface area contributed by atoms with E-state index in [9.17, 15) is 0 Å². The van der Waals surface area contributed by atoms with Gasteiger partial charge in [0, 0.05) is 0 Å². The van der Waals surface area contributed by atoms with Crippen molar-refractivity contribution in [2.24, 2.45) is 0 Å². The Morgan fingerprint density at radius 1 is 1.27 bits per heavy atom. The predicted molar refractivity (Wildman–Crippen MR) is 67.6 cm³/mol. The minimum atomic E-state index is -1.31. The van der Waals surface area contributed by atoms with Gasteiger partial charge < -0.3 is 0 Å². The molecule has 15 heavy (non-hydrogen) atoms. The van der Waals surface area contributed by atoms with Crippen LogP contribution in [0.5, 0.6) is 0 Å². The lowest BCUT2D eigenvalue weighted by Gasteiger charge is -2.03. The normalized spacial score (nSPS) is 11.1. The van der Waals surface area contributed by atoms with E-state index < -0.39 is 8.07 Å². The number of rotatable bonds is 0. The van der Waals surface area contributed by atoms with Gasteiger partial charge in [0.15, 0.2) is 0 Å². The average Bonchev–Trinajstić information content (AvgIpc) is 2.61. The fourth-order valence-electron chi connectivity index (χ4n) is 1.16. The molecule has 0 aliphatic heterocycles. The predicted octanol–water partition coefficient (Wildman–Crippen LogP) is 2.92. The first-order valence-electron chi connectivity index (χ1n) is 4.80. The molecule has 4 heteroatoms. The summed E-state index contributed by atoms with van der Waals surface area (Å²) < 4.78 is 5.05. The van der Waals surface area contributed by atoms with Crippen LogP contribution in [0.3, 0.4) is 0 Å². The van der Waals surface area contributed by atoms with E-state index in [2.05, 4.69) is 40.7 Å². The maximum Gasteiger partial charge on any atom is 0.129 e. The van der Waals surface area contributed by atoms with E-state index in [1.807, 2.05) is 18.2 Å². The minimum Gasteiger partial charge on any atom is -0.137 e. The molecule has 1 aromatic heterocycles. The van der Waals surface area contributed by atoms with Crippen LogP contribution in [-0.2, 0) is 0 Å². The number of hydrogen-bond acceptors (Lipinski definition) is 3. The van der Waals surface area contributed by atoms with E-state index in [0.29, 0.717) is 0 Å². The summed E-state index contributed by atoms with van der Waals surface area (Å²) in [6.45, 7) is 6.71. The van der Waals surface area contributed by atoms with Crippen molar-refractivity contribution in [3.8, 4) is 11.5 Å². The quantitative estimate of drug-likeness (QED) is 0.515. The molecule has 0 amide bonds. The Kier molecular flexibility index (Phi) is 2.59. The summed E-state index contributed by atoms with van der Waals surface area (Å²) >= 11 is 1.42. The zero-order chi connectivity index (χ0) is 10.9. The van der Waals surface area contributed by atoms with Crippen LogP contribution in [0.4, 0.5) is 0 Å². The molecule has 0 fully saturated rings. The monoisotopic (exact) mass is 232 g/mol. The Morgan fingerprint density at radius 3 is 2.80 bits per heavy atom. The summed E-state index contributed by atoms with van der Waals surface area (Å²) in [7, 11) is -1.31. The van der Waals surface area contributed by atoms with Crippen LogP contribution in [-0.4, -0.2) is 17.7 Å². The van der Waals surface area contributed by atoms with Gasteiger partial charge in [-0.3, -0.25) is 0 Å². The first-order chi connectivity index (χ1) is 7.06. The van der Waals surface area contributed by atoms with Gasteiger partial charge in [0.2, 0.25) is 0 Å². The molecule has 76 valence electrons. The molecule has 0 atom stereocenters. The molecule has 0 bridgehead atoms. The molecule has 0 aliphatic carbocycles. The van der Waals surface area contributed by atoms with Crippen molar-refractivity contribution in [1.29, 1.82) is 0 Å². The van der Waals surface area contributed by atoms with Gasteiger partial charge in [-0.2, -0.15) is 0 Å². The summed E-state index contributed by atoms with van der Waals surface area (Å²) in [5, 5.41) is 4.10. The minimum absolute atomic E-state index is 0.938. The van der Waals surface area contributed by atoms with E-state index >= 15 is 0 Å². The second-order valence-electron chi connectivity index (χ2n) is 4.43. The van der Waals surface area contributed by atoms with Gasteiger partial charge in [-0.15, -0.1) is 10.6 Å². The molecule has 1 aromatic carbocycles. The number of aromatic nitrogens is 2. The molecular weight excluding hydrogens is 220 g/mol. The Labute approximate surface area is 94.5 Å². The molecule has 0 N–H and O–H groups in total. The fraction of sp³-hybridized carbons (Fsp3) is 0.273. The third-order valence-electron chi connectivity index (χ3n) is 1.85. The molecule has 0 radical (unpaired) electrons. The number of hydrogen-bond donors (Lipinski definition) is 0. The van der Waals surface area contributed by atoms with Crippen molar-refractivity contribution in [2.75, 3.05) is 0 Å². The van der Waals surface area contributed by atoms with Crippen LogP contribution in [0.15, 0.2) is 18.2 Å². The average molecular weight is 232 g/mol. The molecule has 2 nitrogen and oxygen atoms in total. The Bertz CT molecular complexity index is 543. The lowest BCUT2D eigenvalue weighted by atomic mass is 10.2. The van der Waals surface area contributed by atoms with Gasteiger partial charge in [0.1, 0.15) is 13.6 Å². The van der Waals surface area contributed by atoms with Gasteiger partial charge in [0.25, 0.3) is 0 Å². The molecule has 2 aromatic rings. The van der Waals surface area contributed by atoms with Crippen molar-refractivity contribution in [2.45, 2.75) is 19.6 Å². The largest absolute Gasteiger partial charge is 0.137 e. The van der Waals surface area contributed by atoms with Crippen molar-refractivity contribution in [1.82, 2.24) is 9.59 Å². The second kappa shape index (κ2) is 3.76. The Balaban J connectivity index is 2.51. The number of nitrogens with zero attached hydrogens (tertiary/aromatic N) is 2. The van der Waals surface area contributed by atoms with Crippen molar-refractivity contribution in [3.63, 3.8) is 0 Å². The first kappa shape index (κ1) is 10.3. The summed E-state index contributed by atoms with van der Waals surface area (Å²) in [5.41, 5.74) is 5.29. The molecule has 0 saturated carbocycles. The lowest BCUT2D eigenvalue weighted by Crippen LogP contribution is -2.16. The van der Waals surface area contributed by atoms with Gasteiger partial charge in [-0.1, -0.05) is 36.1 Å². The first-order valence-corrected chi connectivity index (χ1v) is 9.08. The van der Waals surface area contributed by atoms with Crippen LogP contribution in [0.2, 0.25) is 19.6 Å². The van der Waals surface area contributed by atoms with E-state index in [1.165, 1.54) is 11.5 Å². The smallest absolute Gasteiger partial charge is 0.129 e. The highest BCUT2D eigenvalue weighted by Gasteiger charge is 2.08. The Hall–Kier alpha value is -1.18. The Morgan fingerprint density at radius 2 is 2.07 bits per heavy atom. The molecule has 0 aliphatic rings. The van der Waals surface area contributed by atoms with Gasteiger partial charge in [0.05, 0.1) is 10.3 Å². The summed E-state index contributed by atoms with van der Waals surface area (Å²) in [4.78, 5) is 0. The van der Waals surface area contributed by atoms with Crippen molar-refractivity contribution >= 4 is 29.8 Å². The third-order valence-corrected chi connectivity index (χ3v) is 3.42. The summed E-state index contributed by atoms with van der Waals surface area (Å²) in [6.07, 6.45) is 0.